The fourth-order valence-corrected chi connectivity index (χ4v) is 16.1. The summed E-state index contributed by atoms with van der Waals surface area (Å²) in [6.07, 6.45) is 5.16. The zero-order valence-corrected chi connectivity index (χ0v) is 56.1. The highest BCUT2D eigenvalue weighted by atomic mass is 32.2. The predicted molar refractivity (Wildman–Crippen MR) is 339 cm³/mol. The van der Waals surface area contributed by atoms with E-state index >= 15 is 0 Å². The molecule has 1 fully saturated rings. The van der Waals surface area contributed by atoms with Gasteiger partial charge in [0.15, 0.2) is 5.71 Å². The molecule has 2 atom stereocenters. The van der Waals surface area contributed by atoms with Crippen LogP contribution in [0.4, 0.5) is 11.4 Å². The van der Waals surface area contributed by atoms with Gasteiger partial charge in [0.1, 0.15) is 16.3 Å². The number of rotatable bonds is 27. The zero-order valence-electron chi connectivity index (χ0n) is 51.2. The van der Waals surface area contributed by atoms with Crippen LogP contribution in [0, 0.1) is 13.8 Å². The van der Waals surface area contributed by atoms with Crippen molar-refractivity contribution in [2.45, 2.75) is 103 Å². The topological polar surface area (TPSA) is 444 Å². The average molecular weight is 1420 g/mol. The number of hydrogen-bond donors (Lipinski definition) is 7. The van der Waals surface area contributed by atoms with E-state index in [2.05, 4.69) is 5.32 Å². The van der Waals surface area contributed by atoms with Crippen LogP contribution in [0.25, 0.3) is 27.1 Å². The van der Waals surface area contributed by atoms with E-state index in [0.717, 1.165) is 12.1 Å². The van der Waals surface area contributed by atoms with Crippen LogP contribution in [-0.4, -0.2) is 175 Å². The van der Waals surface area contributed by atoms with Gasteiger partial charge in [-0.2, -0.15) is 55.1 Å². The summed E-state index contributed by atoms with van der Waals surface area (Å²) in [6.45, 7) is 5.83. The number of nitrogens with one attached hydrogen (secondary N) is 1. The second-order valence-electron chi connectivity index (χ2n) is 23.0. The molecule has 0 bridgehead atoms. The van der Waals surface area contributed by atoms with Crippen LogP contribution in [0.2, 0.25) is 0 Å². The molecule has 0 radical (unpaired) electrons. The molecule has 29 nitrogen and oxygen atoms in total. The minimum atomic E-state index is -5.24. The molecule has 0 aliphatic carbocycles. The number of aryl methyl sites for hydroxylation is 2. The number of benzene rings is 5. The van der Waals surface area contributed by atoms with Crippen molar-refractivity contribution >= 4 is 129 Å². The lowest BCUT2D eigenvalue weighted by atomic mass is 9.74. The number of anilines is 1. The normalized spacial score (nSPS) is 18.8. The van der Waals surface area contributed by atoms with Crippen LogP contribution in [0.15, 0.2) is 110 Å². The molecular weight excluding hydrogens is 1360 g/mol. The number of methoxy groups -OCH3 is 2. The second kappa shape index (κ2) is 27.1. The summed E-state index contributed by atoms with van der Waals surface area (Å²) in [5.41, 5.74) is 0.219. The van der Waals surface area contributed by atoms with E-state index in [-0.39, 0.29) is 127 Å². The Labute approximate surface area is 542 Å². The van der Waals surface area contributed by atoms with Crippen LogP contribution in [0.1, 0.15) is 97.0 Å². The Morgan fingerprint density at radius 3 is 1.67 bits per heavy atom. The molecule has 7 N–H and O–H groups in total. The summed E-state index contributed by atoms with van der Waals surface area (Å²) < 4.78 is 227. The fraction of sp³-hybridized carbons (Fsp3) is 0.373. The first kappa shape index (κ1) is 72.6. The lowest BCUT2D eigenvalue weighted by molar-refractivity contribution is -0.437. The first-order valence-electron chi connectivity index (χ1n) is 28.5. The standard InChI is InChI=1S/C59H66N4O25S6/c1-35-29-38(57(67)60-22-19-53(66)88-63-51(64)17-18-52(63)65)30-36(2)54(35)37(9-15-49-58(3,20-25-86-5)55-43-31-39(91(74,75)76)33-47(93(80,81)82)41(43)11-13-45(55)61(49)23-7-27-89(68,69)70)10-16-50-59(4,21-26-87-6)56-44-32-40(92(77,78)79)34-48(94(83,84)85)42(44)12-14-46(56)62(50)24-8-28-90(71,72)73/h9-16,29-34H,7-8,17-28H2,1-6H3,(H6-,60,67,68,69,70,71,72,73,74,75,76,77,78,79,80,81,82,83,84,85)/p+1. The number of imide groups is 1. The number of fused-ring (bicyclic) bond motifs is 6. The molecule has 3 aliphatic heterocycles. The molecule has 0 spiro atoms. The molecule has 0 saturated carbocycles. The highest BCUT2D eigenvalue weighted by molar-refractivity contribution is 7.87. The van der Waals surface area contributed by atoms with Gasteiger partial charge in [0.05, 0.1) is 33.1 Å². The molecule has 1 saturated heterocycles. The van der Waals surface area contributed by atoms with Crippen LogP contribution in [-0.2, 0) is 100 Å². The minimum absolute atomic E-state index is 0.000231. The van der Waals surface area contributed by atoms with Gasteiger partial charge in [0, 0.05) is 111 Å². The van der Waals surface area contributed by atoms with Gasteiger partial charge >= 0.3 is 5.97 Å². The highest BCUT2D eigenvalue weighted by Gasteiger charge is 2.50. The van der Waals surface area contributed by atoms with E-state index < -0.39 is 133 Å². The lowest BCUT2D eigenvalue weighted by Crippen LogP contribution is -2.34. The van der Waals surface area contributed by atoms with Crippen molar-refractivity contribution in [2.24, 2.45) is 0 Å². The van der Waals surface area contributed by atoms with Crippen LogP contribution in [0.5, 0.6) is 0 Å². The number of amides is 3. The van der Waals surface area contributed by atoms with E-state index in [0.29, 0.717) is 45.3 Å². The number of carbonyl (C=O) groups excluding carboxylic acids is 4. The Kier molecular flexibility index (Phi) is 20.9. The SMILES string of the molecule is COCCC1(C)C(/C=C/C(=C/C=C2/N(CCCS(=O)(=O)O)c3ccc4c(S(=O)(=O)O)cc(S(=O)(=O)O)cc4c3C2(C)CCOC)c2c(C)cc(C(=O)NCCC(=O)ON3C(=O)CCC3=O)cc2C)=[N+](CCCS(=O)(=O)O)c2ccc3c(S(=O)(=O)O)cc(S(=O)(=O)O)cc3c21. The number of hydroxylamine groups is 2. The van der Waals surface area contributed by atoms with Gasteiger partial charge in [-0.25, -0.2) is 4.79 Å². The number of allylic oxidation sites excluding steroid dienone is 6. The molecule has 2 unspecified atom stereocenters. The monoisotopic (exact) mass is 1420 g/mol. The molecule has 3 aliphatic rings. The Bertz CT molecular complexity index is 4830. The maximum absolute atomic E-state index is 13.9. The smallest absolute Gasteiger partial charge is 0.334 e. The van der Waals surface area contributed by atoms with Crippen molar-refractivity contribution in [3.8, 4) is 0 Å². The second-order valence-corrected chi connectivity index (χ2v) is 31.8. The first-order chi connectivity index (χ1) is 43.5. The summed E-state index contributed by atoms with van der Waals surface area (Å²) in [5, 5.41) is 2.40. The minimum Gasteiger partial charge on any atom is -0.385 e. The van der Waals surface area contributed by atoms with E-state index in [9.17, 15) is 97.0 Å². The Morgan fingerprint density at radius 2 is 1.16 bits per heavy atom. The van der Waals surface area contributed by atoms with Crippen molar-refractivity contribution in [3.05, 3.63) is 124 Å². The molecule has 5 aromatic rings. The molecule has 8 rings (SSSR count). The third kappa shape index (κ3) is 15.5. The summed E-state index contributed by atoms with van der Waals surface area (Å²) in [5.74, 6) is -4.63. The quantitative estimate of drug-likeness (QED) is 0.0145. The molecular formula is C59H67N4O25S6+. The van der Waals surface area contributed by atoms with Crippen molar-refractivity contribution in [3.63, 3.8) is 0 Å². The molecule has 508 valence electrons. The molecule has 94 heavy (non-hydrogen) atoms. The molecule has 3 amide bonds. The third-order valence-electron chi connectivity index (χ3n) is 16.6. The van der Waals surface area contributed by atoms with Gasteiger partial charge in [0.2, 0.25) is 5.69 Å². The zero-order chi connectivity index (χ0) is 69.6. The van der Waals surface area contributed by atoms with Crippen molar-refractivity contribution in [2.75, 3.05) is 63.5 Å². The first-order valence-corrected chi connectivity index (χ1v) is 37.5. The number of nitrogens with zero attached hydrogens (tertiary/aromatic N) is 3. The van der Waals surface area contributed by atoms with Gasteiger partial charge in [-0.3, -0.25) is 41.7 Å². The van der Waals surface area contributed by atoms with Gasteiger partial charge in [0.25, 0.3) is 78.4 Å². The number of hydrogen-bond acceptors (Lipinski definition) is 20. The van der Waals surface area contributed by atoms with Gasteiger partial charge < -0.3 is 24.5 Å². The molecule has 3 heterocycles. The van der Waals surface area contributed by atoms with Crippen molar-refractivity contribution in [1.29, 1.82) is 0 Å². The summed E-state index contributed by atoms with van der Waals surface area (Å²) in [6, 6.07) is 11.6. The van der Waals surface area contributed by atoms with Crippen LogP contribution >= 0.6 is 0 Å². The Balaban J connectivity index is 1.41. The van der Waals surface area contributed by atoms with Gasteiger partial charge in [-0.1, -0.05) is 12.1 Å². The lowest BCUT2D eigenvalue weighted by Gasteiger charge is -2.31. The van der Waals surface area contributed by atoms with E-state index in [4.69, 9.17) is 14.3 Å². The fourth-order valence-electron chi connectivity index (χ4n) is 12.4. The Hall–Kier alpha value is -7.23. The van der Waals surface area contributed by atoms with Crippen LogP contribution in [0.3, 0.4) is 0 Å². The third-order valence-corrected chi connectivity index (χ3v) is 21.6. The maximum Gasteiger partial charge on any atom is 0.334 e. The predicted octanol–water partition coefficient (Wildman–Crippen LogP) is 5.61. The maximum atomic E-state index is 13.9. The van der Waals surface area contributed by atoms with Crippen LogP contribution < -0.4 is 10.2 Å². The largest absolute Gasteiger partial charge is 0.385 e. The van der Waals surface area contributed by atoms with Crippen molar-refractivity contribution in [1.82, 2.24) is 10.4 Å². The summed E-state index contributed by atoms with van der Waals surface area (Å²) in [4.78, 5) is 53.6. The van der Waals surface area contributed by atoms with E-state index in [1.165, 1.54) is 50.6 Å². The molecule has 0 aromatic heterocycles. The number of carbonyl (C=O) groups is 4. The average Bonchev–Trinajstić information content (AvgIpc) is 1.53. The summed E-state index contributed by atoms with van der Waals surface area (Å²) in [7, 11) is -27.3. The van der Waals surface area contributed by atoms with Gasteiger partial charge in [-0.05, 0) is 146 Å². The highest BCUT2D eigenvalue weighted by Crippen LogP contribution is 2.54. The summed E-state index contributed by atoms with van der Waals surface area (Å²) >= 11 is 0. The molecule has 35 heteroatoms. The van der Waals surface area contributed by atoms with E-state index in [1.807, 2.05) is 0 Å². The van der Waals surface area contributed by atoms with Gasteiger partial charge in [-0.15, -0.1) is 5.06 Å². The molecule has 5 aromatic carbocycles. The number of ether oxygens (including phenoxy) is 2. The van der Waals surface area contributed by atoms with E-state index in [1.54, 1.807) is 61.5 Å². The van der Waals surface area contributed by atoms with Crippen molar-refractivity contribution < 1.29 is 116 Å². The Morgan fingerprint density at radius 1 is 0.649 bits per heavy atom.